The Morgan fingerprint density at radius 1 is 0.925 bits per heavy atom. The van der Waals surface area contributed by atoms with Gasteiger partial charge >= 0.3 is 6.03 Å². The van der Waals surface area contributed by atoms with Crippen molar-refractivity contribution in [2.75, 3.05) is 27.4 Å². The van der Waals surface area contributed by atoms with Crippen molar-refractivity contribution in [1.82, 2.24) is 10.2 Å². The van der Waals surface area contributed by atoms with E-state index in [0.29, 0.717) is 11.5 Å². The Morgan fingerprint density at radius 2 is 1.48 bits per heavy atom. The van der Waals surface area contributed by atoms with E-state index >= 15 is 0 Å². The lowest BCUT2D eigenvalue weighted by Crippen LogP contribution is -2.58. The Hall–Kier alpha value is -3.96. The molecule has 0 spiro atoms. The van der Waals surface area contributed by atoms with Gasteiger partial charge in [0, 0.05) is 13.0 Å². The number of hydrogen-bond acceptors (Lipinski definition) is 8. The van der Waals surface area contributed by atoms with Crippen molar-refractivity contribution in [3.8, 4) is 11.5 Å². The van der Waals surface area contributed by atoms with Gasteiger partial charge in [-0.1, -0.05) is 54.6 Å². The molecule has 10 heteroatoms. The van der Waals surface area contributed by atoms with Crippen LogP contribution in [0, 0.1) is 0 Å². The molecule has 0 aliphatic carbocycles. The molecule has 0 radical (unpaired) electrons. The summed E-state index contributed by atoms with van der Waals surface area (Å²) in [7, 11) is 3.22. The Kier molecular flexibility index (Phi) is 8.04. The van der Waals surface area contributed by atoms with Crippen LogP contribution in [0.3, 0.4) is 0 Å². The van der Waals surface area contributed by atoms with E-state index < -0.39 is 36.1 Å². The number of aliphatic hydroxyl groups excluding tert-OH is 1. The number of imide groups is 1. The lowest BCUT2D eigenvalue weighted by molar-refractivity contribution is -0.126. The number of urea groups is 1. The summed E-state index contributed by atoms with van der Waals surface area (Å²) in [4.78, 5) is 25.4. The van der Waals surface area contributed by atoms with Gasteiger partial charge in [0.25, 0.3) is 0 Å². The number of ether oxygens (including phenoxy) is 4. The van der Waals surface area contributed by atoms with Crippen molar-refractivity contribution in [1.29, 1.82) is 0 Å². The van der Waals surface area contributed by atoms with Crippen LogP contribution < -0.4 is 20.5 Å². The summed E-state index contributed by atoms with van der Waals surface area (Å²) in [5.74, 6) is 1.03. The van der Waals surface area contributed by atoms with Crippen LogP contribution >= 0.6 is 0 Å². The third kappa shape index (κ3) is 5.14. The quantitative estimate of drug-likeness (QED) is 0.348. The number of carbonyl (C=O) groups excluding carboxylic acids is 2. The van der Waals surface area contributed by atoms with Gasteiger partial charge in [-0.3, -0.25) is 15.0 Å². The number of hydrogen-bond donors (Lipinski definition) is 3. The summed E-state index contributed by atoms with van der Waals surface area (Å²) >= 11 is 0. The van der Waals surface area contributed by atoms with E-state index in [1.165, 1.54) is 4.90 Å². The Morgan fingerprint density at radius 3 is 2.00 bits per heavy atom. The van der Waals surface area contributed by atoms with Crippen molar-refractivity contribution in [3.05, 3.63) is 95.6 Å². The van der Waals surface area contributed by atoms with Gasteiger partial charge in [-0.15, -0.1) is 0 Å². The maximum Gasteiger partial charge on any atom is 0.326 e. The molecule has 2 fully saturated rings. The molecular weight excluding hydrogens is 514 g/mol. The maximum absolute atomic E-state index is 12.5. The van der Waals surface area contributed by atoms with Crippen molar-refractivity contribution in [2.24, 2.45) is 5.73 Å². The Balaban J connectivity index is 1.51. The molecule has 3 amide bonds. The van der Waals surface area contributed by atoms with Gasteiger partial charge in [0.1, 0.15) is 29.3 Å². The summed E-state index contributed by atoms with van der Waals surface area (Å²) in [6, 6.07) is 23.5. The van der Waals surface area contributed by atoms with E-state index in [9.17, 15) is 14.7 Å². The van der Waals surface area contributed by atoms with E-state index in [0.717, 1.165) is 16.7 Å². The molecule has 2 saturated heterocycles. The second-order valence-corrected chi connectivity index (χ2v) is 9.74. The van der Waals surface area contributed by atoms with Crippen LogP contribution in [0.15, 0.2) is 78.9 Å². The molecule has 0 aromatic heterocycles. The minimum Gasteiger partial charge on any atom is -0.497 e. The molecule has 4 atom stereocenters. The van der Waals surface area contributed by atoms with Crippen LogP contribution in [0.5, 0.6) is 11.5 Å². The molecule has 2 aliphatic rings. The number of rotatable bonds is 9. The number of methoxy groups -OCH3 is 2. The zero-order valence-corrected chi connectivity index (χ0v) is 22.4. The van der Waals surface area contributed by atoms with Gasteiger partial charge in [0.05, 0.1) is 26.9 Å². The van der Waals surface area contributed by atoms with E-state index in [1.54, 1.807) is 14.2 Å². The maximum atomic E-state index is 12.5. The average molecular weight is 548 g/mol. The van der Waals surface area contributed by atoms with Gasteiger partial charge in [-0.2, -0.15) is 0 Å². The molecule has 2 heterocycles. The predicted octanol–water partition coefficient (Wildman–Crippen LogP) is 2.37. The second-order valence-electron chi connectivity index (χ2n) is 9.74. The third-order valence-electron chi connectivity index (χ3n) is 7.45. The summed E-state index contributed by atoms with van der Waals surface area (Å²) in [5, 5.41) is 13.3. The number of amides is 3. The van der Waals surface area contributed by atoms with Gasteiger partial charge in [-0.25, -0.2) is 4.79 Å². The lowest BCUT2D eigenvalue weighted by Gasteiger charge is -2.37. The van der Waals surface area contributed by atoms with Crippen molar-refractivity contribution in [2.45, 2.75) is 36.5 Å². The zero-order chi connectivity index (χ0) is 28.3. The van der Waals surface area contributed by atoms with Crippen LogP contribution in [0.2, 0.25) is 0 Å². The molecule has 10 nitrogen and oxygen atoms in total. The second kappa shape index (κ2) is 11.6. The number of carbonyl (C=O) groups is 2. The van der Waals surface area contributed by atoms with Crippen LogP contribution in [0.25, 0.3) is 0 Å². The first-order valence-corrected chi connectivity index (χ1v) is 13.1. The number of nitrogens with two attached hydrogens (primary N) is 1. The minimum atomic E-state index is -1.12. The average Bonchev–Trinajstić information content (AvgIpc) is 3.27. The molecule has 3 aromatic carbocycles. The van der Waals surface area contributed by atoms with Crippen LogP contribution in [0.1, 0.15) is 23.1 Å². The van der Waals surface area contributed by atoms with E-state index in [4.69, 9.17) is 24.7 Å². The summed E-state index contributed by atoms with van der Waals surface area (Å²) in [5.41, 5.74) is 7.71. The molecule has 3 aromatic rings. The minimum absolute atomic E-state index is 0.0489. The number of aliphatic hydroxyl groups is 1. The molecule has 2 aliphatic heterocycles. The normalized spacial score (nSPS) is 23.1. The first-order chi connectivity index (χ1) is 19.4. The summed E-state index contributed by atoms with van der Waals surface area (Å²) < 4.78 is 23.7. The first kappa shape index (κ1) is 27.6. The van der Waals surface area contributed by atoms with Gasteiger partial charge in [0.2, 0.25) is 5.91 Å². The Labute approximate surface area is 232 Å². The highest BCUT2D eigenvalue weighted by atomic mass is 16.6. The van der Waals surface area contributed by atoms with Crippen molar-refractivity contribution >= 4 is 11.9 Å². The predicted molar refractivity (Wildman–Crippen MR) is 146 cm³/mol. The molecule has 0 unspecified atom stereocenters. The number of nitrogens with zero attached hydrogens (tertiary/aromatic N) is 1. The van der Waals surface area contributed by atoms with Crippen LogP contribution in [0.4, 0.5) is 4.79 Å². The Bertz CT molecular complexity index is 1270. The van der Waals surface area contributed by atoms with Gasteiger partial charge in [-0.05, 0) is 41.0 Å². The fourth-order valence-corrected chi connectivity index (χ4v) is 5.29. The topological polar surface area (TPSA) is 133 Å². The molecule has 4 N–H and O–H groups in total. The van der Waals surface area contributed by atoms with Gasteiger partial charge < -0.3 is 29.8 Å². The molecule has 210 valence electrons. The summed E-state index contributed by atoms with van der Waals surface area (Å²) in [6.45, 7) is 0.0989. The molecule has 0 saturated carbocycles. The molecular formula is C30H33N3O7. The fraction of sp³-hybridized carbons (Fsp3) is 0.333. The van der Waals surface area contributed by atoms with Gasteiger partial charge in [0.15, 0.2) is 6.23 Å². The highest BCUT2D eigenvalue weighted by Crippen LogP contribution is 2.42. The largest absolute Gasteiger partial charge is 0.497 e. The van der Waals surface area contributed by atoms with Crippen molar-refractivity contribution in [3.63, 3.8) is 0 Å². The van der Waals surface area contributed by atoms with Crippen molar-refractivity contribution < 1.29 is 33.6 Å². The van der Waals surface area contributed by atoms with Crippen LogP contribution in [-0.4, -0.2) is 73.8 Å². The molecule has 0 bridgehead atoms. The first-order valence-electron chi connectivity index (χ1n) is 13.1. The molecule has 40 heavy (non-hydrogen) atoms. The third-order valence-corrected chi connectivity index (χ3v) is 7.45. The SMILES string of the molecule is COc1ccc(C(OC[C@H]2O[C@@H](N3CCC(=O)NC3=O)[C@H](N)[C@@H]2O)(c2ccccc2)c2ccc(OC)cc2)cc1. The number of benzene rings is 3. The lowest BCUT2D eigenvalue weighted by atomic mass is 9.80. The smallest absolute Gasteiger partial charge is 0.326 e. The monoisotopic (exact) mass is 547 g/mol. The van der Waals surface area contributed by atoms with E-state index in [1.807, 2.05) is 78.9 Å². The van der Waals surface area contributed by atoms with Crippen LogP contribution in [-0.2, 0) is 19.9 Å². The molecule has 5 rings (SSSR count). The van der Waals surface area contributed by atoms with E-state index in [-0.39, 0.29) is 25.5 Å². The standard InChI is InChI=1S/C30H33N3O7/c1-37-22-12-8-20(9-13-22)30(19-6-4-3-5-7-19,21-10-14-23(38-2)15-11-21)39-18-24-27(35)26(31)28(40-24)33-17-16-25(34)32-29(33)36/h3-15,24,26-28,35H,16-18,31H2,1-2H3,(H,32,34,36)/t24-,26-,27-,28-/m1/s1. The fourth-order valence-electron chi connectivity index (χ4n) is 5.29. The summed E-state index contributed by atoms with van der Waals surface area (Å²) in [6.07, 6.45) is -2.74. The highest BCUT2D eigenvalue weighted by molar-refractivity contribution is 5.96. The number of nitrogens with one attached hydrogen (secondary N) is 1. The van der Waals surface area contributed by atoms with E-state index in [2.05, 4.69) is 5.32 Å². The zero-order valence-electron chi connectivity index (χ0n) is 22.4. The highest BCUT2D eigenvalue weighted by Gasteiger charge is 2.48.